The molecule has 0 saturated carbocycles. The van der Waals surface area contributed by atoms with Crippen molar-refractivity contribution in [2.75, 3.05) is 23.7 Å². The molecule has 1 saturated heterocycles. The van der Waals surface area contributed by atoms with Crippen LogP contribution >= 0.6 is 11.3 Å². The first kappa shape index (κ1) is 15.6. The Labute approximate surface area is 124 Å². The van der Waals surface area contributed by atoms with Crippen LogP contribution < -0.4 is 10.6 Å². The van der Waals surface area contributed by atoms with Gasteiger partial charge in [0.1, 0.15) is 16.6 Å². The number of carbonyl (C=O) groups is 1. The molecule has 114 valence electrons. The Morgan fingerprint density at radius 1 is 1.43 bits per heavy atom. The number of hydrogen-bond acceptors (Lipinski definition) is 5. The van der Waals surface area contributed by atoms with Gasteiger partial charge in [0.25, 0.3) is 0 Å². The quantitative estimate of drug-likeness (QED) is 0.851. The summed E-state index contributed by atoms with van der Waals surface area (Å²) in [6.45, 7) is 1.76. The van der Waals surface area contributed by atoms with E-state index in [1.54, 1.807) is 4.90 Å². The lowest BCUT2D eigenvalue weighted by molar-refractivity contribution is -0.179. The zero-order chi connectivity index (χ0) is 15.8. The molecule has 0 aromatic carbocycles. The molecule has 0 unspecified atom stereocenters. The first-order valence-electron chi connectivity index (χ1n) is 6.40. The fourth-order valence-electron chi connectivity index (χ4n) is 2.43. The molecule has 0 radical (unpaired) electrons. The van der Waals surface area contributed by atoms with Gasteiger partial charge in [0.15, 0.2) is 5.78 Å². The van der Waals surface area contributed by atoms with Crippen LogP contribution in [-0.4, -0.2) is 25.0 Å². The summed E-state index contributed by atoms with van der Waals surface area (Å²) in [6, 6.07) is 1.95. The maximum atomic E-state index is 12.7. The third-order valence-electron chi connectivity index (χ3n) is 3.60. The van der Waals surface area contributed by atoms with Gasteiger partial charge in [-0.1, -0.05) is 0 Å². The van der Waals surface area contributed by atoms with Gasteiger partial charge in [0.2, 0.25) is 0 Å². The van der Waals surface area contributed by atoms with Crippen LogP contribution in [0.15, 0.2) is 0 Å². The molecule has 1 aromatic rings. The number of Topliss-reactive ketones (excluding diaryl/α,β-unsaturated/α-hetero) is 1. The smallest absolute Gasteiger partial charge is 0.391 e. The van der Waals surface area contributed by atoms with Crippen LogP contribution in [0.3, 0.4) is 0 Å². The number of thiophene rings is 1. The predicted molar refractivity (Wildman–Crippen MR) is 74.4 cm³/mol. The molecule has 1 aliphatic heterocycles. The van der Waals surface area contributed by atoms with E-state index < -0.39 is 12.1 Å². The second-order valence-electron chi connectivity index (χ2n) is 5.00. The van der Waals surface area contributed by atoms with Crippen LogP contribution in [0, 0.1) is 17.2 Å². The minimum atomic E-state index is -4.18. The Bertz CT molecular complexity index is 595. The molecule has 0 aliphatic carbocycles. The highest BCUT2D eigenvalue weighted by Gasteiger charge is 2.41. The number of ketones is 1. The van der Waals surface area contributed by atoms with E-state index in [4.69, 9.17) is 11.0 Å². The molecule has 8 heteroatoms. The average molecular weight is 317 g/mol. The summed E-state index contributed by atoms with van der Waals surface area (Å²) >= 11 is 1.08. The van der Waals surface area contributed by atoms with E-state index in [-0.39, 0.29) is 43.0 Å². The van der Waals surface area contributed by atoms with Gasteiger partial charge in [-0.2, -0.15) is 18.4 Å². The van der Waals surface area contributed by atoms with Gasteiger partial charge in [-0.3, -0.25) is 4.79 Å². The third-order valence-corrected chi connectivity index (χ3v) is 4.97. The molecular weight excluding hydrogens is 303 g/mol. The molecule has 0 amide bonds. The monoisotopic (exact) mass is 317 g/mol. The molecule has 0 spiro atoms. The molecule has 1 aromatic heterocycles. The molecule has 1 fully saturated rings. The summed E-state index contributed by atoms with van der Waals surface area (Å²) in [6.07, 6.45) is -4.20. The molecule has 0 bridgehead atoms. The second-order valence-corrected chi connectivity index (χ2v) is 6.00. The number of nitrogens with two attached hydrogens (primary N) is 1. The average Bonchev–Trinajstić information content (AvgIpc) is 2.75. The zero-order valence-electron chi connectivity index (χ0n) is 11.3. The van der Waals surface area contributed by atoms with E-state index in [9.17, 15) is 18.0 Å². The SMILES string of the molecule is CC(=O)c1sc(N2CCC(C(F)(F)F)CC2)c(C#N)c1N. The van der Waals surface area contributed by atoms with E-state index >= 15 is 0 Å². The van der Waals surface area contributed by atoms with E-state index in [2.05, 4.69) is 0 Å². The molecular formula is C13H14F3N3OS. The fraction of sp³-hybridized carbons (Fsp3) is 0.538. The summed E-state index contributed by atoms with van der Waals surface area (Å²) in [5.74, 6) is -1.55. The van der Waals surface area contributed by atoms with Crippen molar-refractivity contribution in [1.29, 1.82) is 5.26 Å². The van der Waals surface area contributed by atoms with Crippen molar-refractivity contribution < 1.29 is 18.0 Å². The van der Waals surface area contributed by atoms with Gasteiger partial charge in [-0.25, -0.2) is 0 Å². The van der Waals surface area contributed by atoms with E-state index in [0.29, 0.717) is 9.88 Å². The summed E-state index contributed by atoms with van der Waals surface area (Å²) in [4.78, 5) is 13.5. The lowest BCUT2D eigenvalue weighted by Crippen LogP contribution is -2.38. The van der Waals surface area contributed by atoms with Crippen LogP contribution in [0.25, 0.3) is 0 Å². The molecule has 2 N–H and O–H groups in total. The number of anilines is 2. The Balaban J connectivity index is 2.23. The van der Waals surface area contributed by atoms with Gasteiger partial charge < -0.3 is 10.6 Å². The highest BCUT2D eigenvalue weighted by Crippen LogP contribution is 2.41. The molecule has 21 heavy (non-hydrogen) atoms. The van der Waals surface area contributed by atoms with Crippen LogP contribution in [0.2, 0.25) is 0 Å². The van der Waals surface area contributed by atoms with Crippen molar-refractivity contribution in [2.24, 2.45) is 5.92 Å². The number of rotatable bonds is 2. The summed E-state index contributed by atoms with van der Waals surface area (Å²) < 4.78 is 38.0. The fourth-order valence-corrected chi connectivity index (χ4v) is 3.55. The highest BCUT2D eigenvalue weighted by atomic mass is 32.1. The van der Waals surface area contributed by atoms with Gasteiger partial charge in [0.05, 0.1) is 16.5 Å². The van der Waals surface area contributed by atoms with Gasteiger partial charge in [0, 0.05) is 20.0 Å². The molecule has 2 rings (SSSR count). The molecule has 1 aliphatic rings. The Kier molecular flexibility index (Phi) is 4.14. The van der Waals surface area contributed by atoms with Crippen LogP contribution in [0.4, 0.5) is 23.9 Å². The van der Waals surface area contributed by atoms with Crippen molar-refractivity contribution in [3.05, 3.63) is 10.4 Å². The normalized spacial score (nSPS) is 16.8. The molecule has 2 heterocycles. The number of halogens is 3. The Morgan fingerprint density at radius 2 is 2.00 bits per heavy atom. The second kappa shape index (κ2) is 5.56. The number of nitrogens with zero attached hydrogens (tertiary/aromatic N) is 2. The Hall–Kier alpha value is -1.75. The standard InChI is InChI=1S/C13H14F3N3OS/c1-7(20)11-10(18)9(6-17)12(21-11)19-4-2-8(3-5-19)13(14,15)16/h8H,2-5,18H2,1H3. The van der Waals surface area contributed by atoms with Crippen molar-refractivity contribution >= 4 is 27.8 Å². The number of piperidine rings is 1. The topological polar surface area (TPSA) is 70.1 Å². The Morgan fingerprint density at radius 3 is 2.43 bits per heavy atom. The highest BCUT2D eigenvalue weighted by molar-refractivity contribution is 7.19. The maximum absolute atomic E-state index is 12.7. The molecule has 4 nitrogen and oxygen atoms in total. The minimum Gasteiger partial charge on any atom is -0.396 e. The maximum Gasteiger partial charge on any atom is 0.391 e. The summed E-state index contributed by atoms with van der Waals surface area (Å²) in [5, 5.41) is 9.67. The van der Waals surface area contributed by atoms with E-state index in [1.165, 1.54) is 6.92 Å². The van der Waals surface area contributed by atoms with E-state index in [1.807, 2.05) is 6.07 Å². The first-order valence-corrected chi connectivity index (χ1v) is 7.22. The summed E-state index contributed by atoms with van der Waals surface area (Å²) in [5.41, 5.74) is 6.10. The van der Waals surface area contributed by atoms with Gasteiger partial charge >= 0.3 is 6.18 Å². The lowest BCUT2D eigenvalue weighted by atomic mass is 9.96. The largest absolute Gasteiger partial charge is 0.396 e. The third kappa shape index (κ3) is 2.97. The van der Waals surface area contributed by atoms with Crippen molar-refractivity contribution in [3.8, 4) is 6.07 Å². The lowest BCUT2D eigenvalue weighted by Gasteiger charge is -2.33. The number of nitrogen functional groups attached to an aromatic ring is 1. The van der Waals surface area contributed by atoms with Crippen molar-refractivity contribution in [2.45, 2.75) is 25.9 Å². The number of carbonyl (C=O) groups excluding carboxylic acids is 1. The van der Waals surface area contributed by atoms with Crippen LogP contribution in [0.1, 0.15) is 35.0 Å². The number of hydrogen-bond donors (Lipinski definition) is 1. The summed E-state index contributed by atoms with van der Waals surface area (Å²) in [7, 11) is 0. The van der Waals surface area contributed by atoms with Gasteiger partial charge in [-0.05, 0) is 12.8 Å². The zero-order valence-corrected chi connectivity index (χ0v) is 12.1. The van der Waals surface area contributed by atoms with Crippen molar-refractivity contribution in [1.82, 2.24) is 0 Å². The van der Waals surface area contributed by atoms with E-state index in [0.717, 1.165) is 11.3 Å². The molecule has 0 atom stereocenters. The number of alkyl halides is 3. The predicted octanol–water partition coefficient (Wildman–Crippen LogP) is 3.18. The first-order chi connectivity index (χ1) is 9.75. The minimum absolute atomic E-state index is 0.0123. The van der Waals surface area contributed by atoms with Crippen LogP contribution in [0.5, 0.6) is 0 Å². The number of nitriles is 1. The van der Waals surface area contributed by atoms with Crippen LogP contribution in [-0.2, 0) is 0 Å². The van der Waals surface area contributed by atoms with Crippen molar-refractivity contribution in [3.63, 3.8) is 0 Å². The van der Waals surface area contributed by atoms with Gasteiger partial charge in [-0.15, -0.1) is 11.3 Å².